The summed E-state index contributed by atoms with van der Waals surface area (Å²) < 4.78 is 13.6. The van der Waals surface area contributed by atoms with Crippen LogP contribution in [0.2, 0.25) is 0 Å². The third kappa shape index (κ3) is 4.56. The molecule has 0 saturated carbocycles. The Balaban J connectivity index is 2.01. The van der Waals surface area contributed by atoms with Crippen molar-refractivity contribution in [3.8, 4) is 0 Å². The molecule has 2 N–H and O–H groups in total. The average Bonchev–Trinajstić information content (AvgIpc) is 2.49. The molecule has 5 heteroatoms. The first-order valence-corrected chi connectivity index (χ1v) is 7.45. The molecule has 0 saturated heterocycles. The highest BCUT2D eigenvalue weighted by Crippen LogP contribution is 2.19. The van der Waals surface area contributed by atoms with Crippen molar-refractivity contribution >= 4 is 33.2 Å². The Bertz CT molecular complexity index is 646. The highest BCUT2D eigenvalue weighted by atomic mass is 79.9. The lowest BCUT2D eigenvalue weighted by Crippen LogP contribution is -2.09. The Morgan fingerprint density at radius 3 is 2.67 bits per heavy atom. The van der Waals surface area contributed by atoms with Crippen molar-refractivity contribution in [2.75, 3.05) is 10.6 Å². The second kappa shape index (κ2) is 7.22. The molecule has 3 nitrogen and oxygen atoms in total. The second-order valence-corrected chi connectivity index (χ2v) is 5.44. The fraction of sp³-hybridized carbons (Fsp3) is 0.188. The van der Waals surface area contributed by atoms with Gasteiger partial charge in [0.1, 0.15) is 5.82 Å². The van der Waals surface area contributed by atoms with Gasteiger partial charge in [-0.15, -0.1) is 0 Å². The van der Waals surface area contributed by atoms with Gasteiger partial charge in [0.15, 0.2) is 0 Å². The van der Waals surface area contributed by atoms with Crippen LogP contribution in [0.4, 0.5) is 15.8 Å². The number of carbonyl (C=O) groups excluding carboxylic acids is 1. The Labute approximate surface area is 131 Å². The number of nitrogens with one attached hydrogen (secondary N) is 2. The van der Waals surface area contributed by atoms with Gasteiger partial charge in [0, 0.05) is 24.3 Å². The zero-order chi connectivity index (χ0) is 15.2. The number of amides is 1. The van der Waals surface area contributed by atoms with Crippen molar-refractivity contribution in [2.24, 2.45) is 0 Å². The summed E-state index contributed by atoms with van der Waals surface area (Å²) in [6.07, 6.45) is 0.446. The lowest BCUT2D eigenvalue weighted by molar-refractivity contribution is -0.115. The molecule has 0 spiro atoms. The summed E-state index contributed by atoms with van der Waals surface area (Å²) >= 11 is 3.17. The minimum absolute atomic E-state index is 0.0189. The maximum Gasteiger partial charge on any atom is 0.224 e. The molecule has 0 radical (unpaired) electrons. The van der Waals surface area contributed by atoms with Gasteiger partial charge in [-0.3, -0.25) is 4.79 Å². The van der Waals surface area contributed by atoms with Gasteiger partial charge >= 0.3 is 0 Å². The number of anilines is 2. The smallest absolute Gasteiger partial charge is 0.224 e. The van der Waals surface area contributed by atoms with Gasteiger partial charge in [0.2, 0.25) is 5.91 Å². The van der Waals surface area contributed by atoms with Crippen LogP contribution in [0.3, 0.4) is 0 Å². The molecule has 21 heavy (non-hydrogen) atoms. The highest BCUT2D eigenvalue weighted by Gasteiger charge is 2.02. The zero-order valence-corrected chi connectivity index (χ0v) is 13.2. The fourth-order valence-electron chi connectivity index (χ4n) is 1.81. The van der Waals surface area contributed by atoms with E-state index in [1.807, 2.05) is 31.2 Å². The van der Waals surface area contributed by atoms with Gasteiger partial charge in [0.25, 0.3) is 0 Å². The second-order valence-electron chi connectivity index (χ2n) is 4.58. The molecule has 0 atom stereocenters. The van der Waals surface area contributed by atoms with Gasteiger partial charge in [0.05, 0.1) is 4.47 Å². The molecule has 2 aromatic rings. The summed E-state index contributed by atoms with van der Waals surface area (Å²) in [6.45, 7) is 2.38. The van der Waals surface area contributed by atoms with E-state index in [-0.39, 0.29) is 11.7 Å². The molecule has 0 fully saturated rings. The predicted octanol–water partition coefficient (Wildman–Crippen LogP) is 4.55. The molecule has 2 aromatic carbocycles. The van der Waals surface area contributed by atoms with Crippen LogP contribution in [0.1, 0.15) is 18.9 Å². The fourth-order valence-corrected chi connectivity index (χ4v) is 2.24. The van der Waals surface area contributed by atoms with E-state index in [9.17, 15) is 9.18 Å². The first kappa shape index (κ1) is 15.5. The summed E-state index contributed by atoms with van der Waals surface area (Å²) in [6, 6.07) is 12.4. The highest BCUT2D eigenvalue weighted by molar-refractivity contribution is 9.10. The Hall–Kier alpha value is -1.88. The Morgan fingerprint density at radius 1 is 1.19 bits per heavy atom. The molecule has 0 aliphatic rings. The van der Waals surface area contributed by atoms with Crippen LogP contribution >= 0.6 is 15.9 Å². The molecule has 0 bridgehead atoms. The number of hydrogen-bond acceptors (Lipinski definition) is 2. The van der Waals surface area contributed by atoms with Crippen LogP contribution in [0.5, 0.6) is 0 Å². The van der Waals surface area contributed by atoms with Crippen molar-refractivity contribution in [1.29, 1.82) is 0 Å². The van der Waals surface area contributed by atoms with Crippen LogP contribution in [-0.4, -0.2) is 5.91 Å². The third-order valence-electron chi connectivity index (χ3n) is 2.95. The molecule has 1 amide bonds. The minimum atomic E-state index is -0.275. The monoisotopic (exact) mass is 350 g/mol. The number of hydrogen-bond donors (Lipinski definition) is 2. The van der Waals surface area contributed by atoms with Crippen LogP contribution in [0.15, 0.2) is 46.9 Å². The first-order valence-electron chi connectivity index (χ1n) is 6.66. The third-order valence-corrected chi connectivity index (χ3v) is 3.56. The summed E-state index contributed by atoms with van der Waals surface area (Å²) in [7, 11) is 0. The quantitative estimate of drug-likeness (QED) is 0.830. The van der Waals surface area contributed by atoms with E-state index in [1.165, 1.54) is 6.07 Å². The minimum Gasteiger partial charge on any atom is -0.381 e. The summed E-state index contributed by atoms with van der Waals surface area (Å²) in [5.41, 5.74) is 2.61. The standard InChI is InChI=1S/C16H16BrFN2O/c1-2-16(21)20-13-5-3-4-12(9-13)19-10-11-6-7-15(18)14(17)8-11/h3-9,19H,2,10H2,1H3,(H,20,21). The van der Waals surface area contributed by atoms with E-state index < -0.39 is 0 Å². The van der Waals surface area contributed by atoms with Crippen molar-refractivity contribution < 1.29 is 9.18 Å². The summed E-state index contributed by atoms with van der Waals surface area (Å²) in [5, 5.41) is 6.06. The normalized spacial score (nSPS) is 10.2. The zero-order valence-electron chi connectivity index (χ0n) is 11.6. The summed E-state index contributed by atoms with van der Waals surface area (Å²) in [4.78, 5) is 11.4. The van der Waals surface area contributed by atoms with Gasteiger partial charge in [-0.05, 0) is 51.8 Å². The summed E-state index contributed by atoms with van der Waals surface area (Å²) in [5.74, 6) is -0.294. The lowest BCUT2D eigenvalue weighted by atomic mass is 10.2. The SMILES string of the molecule is CCC(=O)Nc1cccc(NCc2ccc(F)c(Br)c2)c1. The van der Waals surface area contributed by atoms with Gasteiger partial charge in [-0.25, -0.2) is 4.39 Å². The Morgan fingerprint density at radius 2 is 1.95 bits per heavy atom. The van der Waals surface area contributed by atoms with Crippen molar-refractivity contribution in [1.82, 2.24) is 0 Å². The molecular formula is C16H16BrFN2O. The lowest BCUT2D eigenvalue weighted by Gasteiger charge is -2.10. The van der Waals surface area contributed by atoms with Crippen molar-refractivity contribution in [3.05, 3.63) is 58.3 Å². The van der Waals surface area contributed by atoms with Crippen LogP contribution in [0, 0.1) is 5.82 Å². The number of benzene rings is 2. The van der Waals surface area contributed by atoms with Crippen molar-refractivity contribution in [3.63, 3.8) is 0 Å². The predicted molar refractivity (Wildman–Crippen MR) is 86.8 cm³/mol. The van der Waals surface area contributed by atoms with E-state index >= 15 is 0 Å². The molecule has 2 rings (SSSR count). The largest absolute Gasteiger partial charge is 0.381 e. The van der Waals surface area contributed by atoms with E-state index in [4.69, 9.17) is 0 Å². The first-order chi connectivity index (χ1) is 10.1. The van der Waals surface area contributed by atoms with Crippen LogP contribution in [-0.2, 0) is 11.3 Å². The van der Waals surface area contributed by atoms with Gasteiger partial charge in [-0.1, -0.05) is 19.1 Å². The topological polar surface area (TPSA) is 41.1 Å². The van der Waals surface area contributed by atoms with Crippen LogP contribution < -0.4 is 10.6 Å². The maximum absolute atomic E-state index is 13.2. The van der Waals surface area contributed by atoms with E-state index in [0.29, 0.717) is 17.4 Å². The molecule has 0 aliphatic heterocycles. The number of rotatable bonds is 5. The van der Waals surface area contributed by atoms with Crippen LogP contribution in [0.25, 0.3) is 0 Å². The number of carbonyl (C=O) groups is 1. The molecular weight excluding hydrogens is 335 g/mol. The molecule has 0 aromatic heterocycles. The molecule has 0 heterocycles. The van der Waals surface area contributed by atoms with Crippen molar-refractivity contribution in [2.45, 2.75) is 19.9 Å². The van der Waals surface area contributed by atoms with Gasteiger partial charge in [-0.2, -0.15) is 0 Å². The molecule has 0 unspecified atom stereocenters. The number of halogens is 2. The average molecular weight is 351 g/mol. The maximum atomic E-state index is 13.2. The molecule has 0 aliphatic carbocycles. The van der Waals surface area contributed by atoms with E-state index in [2.05, 4.69) is 26.6 Å². The molecule has 110 valence electrons. The Kier molecular flexibility index (Phi) is 5.33. The van der Waals surface area contributed by atoms with E-state index in [0.717, 1.165) is 16.9 Å². The van der Waals surface area contributed by atoms with E-state index in [1.54, 1.807) is 12.1 Å². The van der Waals surface area contributed by atoms with Gasteiger partial charge < -0.3 is 10.6 Å².